The van der Waals surface area contributed by atoms with Crippen LogP contribution in [0.25, 0.3) is 11.1 Å². The maximum absolute atomic E-state index is 12.6. The molecule has 184 valence electrons. The van der Waals surface area contributed by atoms with E-state index in [1.54, 1.807) is 30.3 Å². The first-order chi connectivity index (χ1) is 17.5. The first kappa shape index (κ1) is 24.2. The summed E-state index contributed by atoms with van der Waals surface area (Å²) < 4.78 is 25.0. The van der Waals surface area contributed by atoms with Gasteiger partial charge in [0.25, 0.3) is 0 Å². The zero-order chi connectivity index (χ0) is 25.2. The van der Waals surface area contributed by atoms with Gasteiger partial charge in [-0.05, 0) is 54.5 Å². The lowest BCUT2D eigenvalue weighted by atomic mass is 9.85. The highest BCUT2D eigenvalue weighted by Gasteiger charge is 2.31. The minimum Gasteiger partial charge on any atom is -0.508 e. The average molecular weight is 505 g/mol. The van der Waals surface area contributed by atoms with E-state index in [2.05, 4.69) is 11.0 Å². The fourth-order valence-corrected chi connectivity index (χ4v) is 5.10. The molecule has 0 spiro atoms. The van der Waals surface area contributed by atoms with Gasteiger partial charge in [-0.1, -0.05) is 35.9 Å². The SMILES string of the molecule is CC1=C(c2cccc(C#N)c2Cl)[C@H](c2ccc(OCCN3CC(CF)C3)cc2)Oc2ccc(O)cc21. The van der Waals surface area contributed by atoms with E-state index in [0.29, 0.717) is 28.5 Å². The van der Waals surface area contributed by atoms with Crippen LogP contribution >= 0.6 is 11.6 Å². The van der Waals surface area contributed by atoms with Crippen molar-refractivity contribution < 1.29 is 19.0 Å². The van der Waals surface area contributed by atoms with Crippen LogP contribution in [0.5, 0.6) is 17.2 Å². The van der Waals surface area contributed by atoms with Gasteiger partial charge in [-0.15, -0.1) is 0 Å². The molecule has 1 saturated heterocycles. The Balaban J connectivity index is 1.43. The summed E-state index contributed by atoms with van der Waals surface area (Å²) in [7, 11) is 0. The number of halogens is 2. The molecule has 1 fully saturated rings. The van der Waals surface area contributed by atoms with Crippen molar-refractivity contribution in [3.05, 3.63) is 87.9 Å². The van der Waals surface area contributed by atoms with Gasteiger partial charge < -0.3 is 14.6 Å². The van der Waals surface area contributed by atoms with Gasteiger partial charge in [0.1, 0.15) is 36.0 Å². The number of allylic oxidation sites excluding steroid dienone is 1. The third kappa shape index (κ3) is 4.65. The molecule has 7 heteroatoms. The van der Waals surface area contributed by atoms with Gasteiger partial charge in [-0.2, -0.15) is 5.26 Å². The summed E-state index contributed by atoms with van der Waals surface area (Å²) in [6, 6.07) is 20.3. The molecule has 2 aliphatic rings. The largest absolute Gasteiger partial charge is 0.508 e. The molecule has 5 nitrogen and oxygen atoms in total. The number of ether oxygens (including phenoxy) is 2. The maximum atomic E-state index is 12.6. The van der Waals surface area contributed by atoms with E-state index in [4.69, 9.17) is 21.1 Å². The van der Waals surface area contributed by atoms with Crippen LogP contribution in [0.4, 0.5) is 4.39 Å². The third-order valence-electron chi connectivity index (χ3n) is 6.80. The molecule has 0 aromatic heterocycles. The van der Waals surface area contributed by atoms with Gasteiger partial charge in [-0.25, -0.2) is 0 Å². The quantitative estimate of drug-likeness (QED) is 0.411. The predicted molar refractivity (Wildman–Crippen MR) is 138 cm³/mol. The van der Waals surface area contributed by atoms with Crippen LogP contribution < -0.4 is 9.47 Å². The molecule has 2 heterocycles. The van der Waals surface area contributed by atoms with Crippen molar-refractivity contribution in [2.24, 2.45) is 5.92 Å². The Kier molecular flexibility index (Phi) is 6.86. The molecule has 1 atom stereocenters. The summed E-state index contributed by atoms with van der Waals surface area (Å²) in [4.78, 5) is 2.18. The van der Waals surface area contributed by atoms with Crippen molar-refractivity contribution in [3.63, 3.8) is 0 Å². The molecule has 5 rings (SSSR count). The second kappa shape index (κ2) is 10.2. The van der Waals surface area contributed by atoms with Gasteiger partial charge in [0.15, 0.2) is 0 Å². The fourth-order valence-electron chi connectivity index (χ4n) is 4.83. The number of phenolic OH excluding ortho intramolecular Hbond substituents is 1. The van der Waals surface area contributed by atoms with Gasteiger partial charge in [0.2, 0.25) is 0 Å². The number of fused-ring (bicyclic) bond motifs is 1. The number of alkyl halides is 1. The Morgan fingerprint density at radius 2 is 1.92 bits per heavy atom. The highest BCUT2D eigenvalue weighted by molar-refractivity contribution is 6.34. The Morgan fingerprint density at radius 3 is 2.64 bits per heavy atom. The van der Waals surface area contributed by atoms with E-state index in [1.165, 1.54) is 0 Å². The summed E-state index contributed by atoms with van der Waals surface area (Å²) in [6.07, 6.45) is -0.471. The van der Waals surface area contributed by atoms with Crippen LogP contribution in [-0.4, -0.2) is 42.9 Å². The number of nitriles is 1. The van der Waals surface area contributed by atoms with E-state index in [1.807, 2.05) is 37.3 Å². The summed E-state index contributed by atoms with van der Waals surface area (Å²) in [5.74, 6) is 1.72. The number of hydrogen-bond donors (Lipinski definition) is 1. The standard InChI is InChI=1S/C29H26ClFN2O3/c1-18-25-13-22(34)7-10-26(25)36-29(27(18)24-4-2-3-21(15-32)28(24)30)20-5-8-23(9-6-20)35-12-11-33-16-19(14-31)17-33/h2-10,13,19,29,34H,11-12,14,16-17H2,1H3/t29-/m0/s1. The van der Waals surface area contributed by atoms with Gasteiger partial charge in [0.05, 0.1) is 17.3 Å². The molecule has 0 bridgehead atoms. The van der Waals surface area contributed by atoms with Crippen LogP contribution in [0.1, 0.15) is 35.3 Å². The predicted octanol–water partition coefficient (Wildman–Crippen LogP) is 6.26. The lowest BCUT2D eigenvalue weighted by molar-refractivity contribution is 0.0668. The molecular weight excluding hydrogens is 479 g/mol. The lowest BCUT2D eigenvalue weighted by Crippen LogP contribution is -2.49. The topological polar surface area (TPSA) is 65.7 Å². The zero-order valence-electron chi connectivity index (χ0n) is 19.9. The van der Waals surface area contributed by atoms with Crippen molar-refractivity contribution in [1.29, 1.82) is 5.26 Å². The van der Waals surface area contributed by atoms with Gasteiger partial charge >= 0.3 is 0 Å². The molecule has 1 N–H and O–H groups in total. The molecule has 3 aromatic rings. The van der Waals surface area contributed by atoms with E-state index in [0.717, 1.165) is 47.7 Å². The maximum Gasteiger partial charge on any atom is 0.150 e. The minimum absolute atomic E-state index is 0.145. The third-order valence-corrected chi connectivity index (χ3v) is 7.20. The highest BCUT2D eigenvalue weighted by Crippen LogP contribution is 2.49. The Morgan fingerprint density at radius 1 is 1.14 bits per heavy atom. The molecule has 36 heavy (non-hydrogen) atoms. The van der Waals surface area contributed by atoms with Crippen LogP contribution in [0, 0.1) is 17.2 Å². The number of aromatic hydroxyl groups is 1. The van der Waals surface area contributed by atoms with Crippen LogP contribution in [-0.2, 0) is 0 Å². The Bertz CT molecular complexity index is 1340. The molecule has 0 saturated carbocycles. The number of rotatable bonds is 7. The van der Waals surface area contributed by atoms with Crippen molar-refractivity contribution in [2.75, 3.05) is 32.9 Å². The van der Waals surface area contributed by atoms with Gasteiger partial charge in [0, 0.05) is 42.3 Å². The van der Waals surface area contributed by atoms with Crippen molar-refractivity contribution >= 4 is 22.7 Å². The monoisotopic (exact) mass is 504 g/mol. The lowest BCUT2D eigenvalue weighted by Gasteiger charge is -2.37. The van der Waals surface area contributed by atoms with Crippen molar-refractivity contribution in [3.8, 4) is 23.3 Å². The Hall–Kier alpha value is -3.53. The van der Waals surface area contributed by atoms with Crippen LogP contribution in [0.3, 0.4) is 0 Å². The molecule has 0 radical (unpaired) electrons. The first-order valence-electron chi connectivity index (χ1n) is 11.9. The van der Waals surface area contributed by atoms with Crippen LogP contribution in [0.2, 0.25) is 5.02 Å². The van der Waals surface area contributed by atoms with Crippen molar-refractivity contribution in [1.82, 2.24) is 4.90 Å². The highest BCUT2D eigenvalue weighted by atomic mass is 35.5. The molecule has 3 aromatic carbocycles. The summed E-state index contributed by atoms with van der Waals surface area (Å²) >= 11 is 6.66. The number of benzene rings is 3. The van der Waals surface area contributed by atoms with E-state index >= 15 is 0 Å². The molecule has 2 aliphatic heterocycles. The second-order valence-corrected chi connectivity index (χ2v) is 9.57. The summed E-state index contributed by atoms with van der Waals surface area (Å²) in [5, 5.41) is 20.0. The molecule has 0 amide bonds. The number of phenols is 1. The Labute approximate surface area is 215 Å². The molecular formula is C29H26ClFN2O3. The van der Waals surface area contributed by atoms with E-state index < -0.39 is 6.10 Å². The van der Waals surface area contributed by atoms with Crippen molar-refractivity contribution in [2.45, 2.75) is 13.0 Å². The molecule has 0 unspecified atom stereocenters. The zero-order valence-corrected chi connectivity index (χ0v) is 20.6. The normalized spacial score (nSPS) is 17.7. The summed E-state index contributed by atoms with van der Waals surface area (Å²) in [6.45, 7) is 4.61. The number of likely N-dealkylation sites (tertiary alicyclic amines) is 1. The number of hydrogen-bond acceptors (Lipinski definition) is 5. The minimum atomic E-state index is -0.471. The average Bonchev–Trinajstić information content (AvgIpc) is 2.86. The van der Waals surface area contributed by atoms with Gasteiger partial charge in [-0.3, -0.25) is 9.29 Å². The second-order valence-electron chi connectivity index (χ2n) is 9.19. The van der Waals surface area contributed by atoms with E-state index in [-0.39, 0.29) is 18.3 Å². The molecule has 0 aliphatic carbocycles. The number of nitrogens with zero attached hydrogens (tertiary/aromatic N) is 2. The smallest absolute Gasteiger partial charge is 0.150 e. The summed E-state index contributed by atoms with van der Waals surface area (Å²) in [5.41, 5.74) is 4.54. The van der Waals surface area contributed by atoms with Crippen LogP contribution in [0.15, 0.2) is 60.7 Å². The first-order valence-corrected chi connectivity index (χ1v) is 12.3. The van der Waals surface area contributed by atoms with E-state index in [9.17, 15) is 14.8 Å². The fraction of sp³-hybridized carbons (Fsp3) is 0.276.